The molecule has 0 radical (unpaired) electrons. The normalized spacial score (nSPS) is 12.6. The topological polar surface area (TPSA) is 52.3 Å². The molecule has 2 N–H and O–H groups in total. The molecule has 0 heterocycles. The summed E-state index contributed by atoms with van der Waals surface area (Å²) in [6, 6.07) is 7.60. The highest BCUT2D eigenvalue weighted by atomic mass is 16.5. The molecule has 0 aliphatic rings. The third-order valence-electron chi connectivity index (χ3n) is 2.61. The van der Waals surface area contributed by atoms with Crippen molar-refractivity contribution >= 4 is 5.97 Å². The molecule has 0 aromatic heterocycles. The number of hydrogen-bond acceptors (Lipinski definition) is 3. The highest BCUT2D eigenvalue weighted by Crippen LogP contribution is 2.15. The van der Waals surface area contributed by atoms with E-state index < -0.39 is 6.04 Å². The average Bonchev–Trinajstić information content (AvgIpc) is 2.28. The van der Waals surface area contributed by atoms with Gasteiger partial charge in [0.15, 0.2) is 0 Å². The number of carbonyl (C=O) groups is 1. The lowest BCUT2D eigenvalue weighted by atomic mass is 9.99. The van der Waals surface area contributed by atoms with E-state index in [9.17, 15) is 4.79 Å². The summed E-state index contributed by atoms with van der Waals surface area (Å²) in [6.07, 6.45) is 0.519. The van der Waals surface area contributed by atoms with Crippen LogP contribution in [0, 0.1) is 0 Å². The smallest absolute Gasteiger partial charge is 0.322 e. The molecular formula is C13H19NO2. The molecule has 1 aromatic carbocycles. The summed E-state index contributed by atoms with van der Waals surface area (Å²) >= 11 is 0. The van der Waals surface area contributed by atoms with Gasteiger partial charge in [-0.05, 0) is 23.5 Å². The van der Waals surface area contributed by atoms with Gasteiger partial charge in [-0.15, -0.1) is 0 Å². The molecule has 16 heavy (non-hydrogen) atoms. The van der Waals surface area contributed by atoms with Crippen LogP contribution in [0.15, 0.2) is 24.3 Å². The van der Waals surface area contributed by atoms with Gasteiger partial charge >= 0.3 is 5.97 Å². The lowest BCUT2D eigenvalue weighted by Gasteiger charge is -2.10. The lowest BCUT2D eigenvalue weighted by molar-refractivity contribution is -0.142. The van der Waals surface area contributed by atoms with Gasteiger partial charge in [0.1, 0.15) is 6.04 Å². The Bertz CT molecular complexity index is 343. The molecule has 0 fully saturated rings. The summed E-state index contributed by atoms with van der Waals surface area (Å²) in [6.45, 7) is 4.30. The average molecular weight is 221 g/mol. The van der Waals surface area contributed by atoms with Crippen LogP contribution < -0.4 is 5.73 Å². The van der Waals surface area contributed by atoms with Crippen molar-refractivity contribution in [3.05, 3.63) is 35.4 Å². The molecule has 1 atom stereocenters. The standard InChI is InChI=1S/C13H19NO2/c1-9(2)11-6-4-10(5-7-11)8-12(14)13(15)16-3/h4-7,9,12H,8,14H2,1-3H3/t12-/m1/s1. The second-order valence-electron chi connectivity index (χ2n) is 4.23. The summed E-state index contributed by atoms with van der Waals surface area (Å²) in [5, 5.41) is 0. The molecule has 1 aromatic rings. The van der Waals surface area contributed by atoms with Gasteiger partial charge in [0.2, 0.25) is 0 Å². The highest BCUT2D eigenvalue weighted by Gasteiger charge is 2.13. The Labute approximate surface area is 96.6 Å². The third-order valence-corrected chi connectivity index (χ3v) is 2.61. The minimum atomic E-state index is -0.574. The van der Waals surface area contributed by atoms with Crippen molar-refractivity contribution in [2.24, 2.45) is 5.73 Å². The SMILES string of the molecule is COC(=O)[C@H](N)Cc1ccc(C(C)C)cc1. The summed E-state index contributed by atoms with van der Waals surface area (Å²) in [5.74, 6) is 0.149. The fraction of sp³-hybridized carbons (Fsp3) is 0.462. The highest BCUT2D eigenvalue weighted by molar-refractivity contribution is 5.75. The molecule has 0 bridgehead atoms. The van der Waals surface area contributed by atoms with Crippen LogP contribution in [0.5, 0.6) is 0 Å². The number of carbonyl (C=O) groups excluding carboxylic acids is 1. The van der Waals surface area contributed by atoms with Gasteiger partial charge in [-0.1, -0.05) is 38.1 Å². The van der Waals surface area contributed by atoms with Gasteiger partial charge in [-0.25, -0.2) is 0 Å². The summed E-state index contributed by atoms with van der Waals surface area (Å²) in [5.41, 5.74) is 8.03. The van der Waals surface area contributed by atoms with Crippen molar-refractivity contribution in [1.29, 1.82) is 0 Å². The fourth-order valence-electron chi connectivity index (χ4n) is 1.53. The molecule has 0 saturated heterocycles. The first-order valence-corrected chi connectivity index (χ1v) is 5.47. The van der Waals surface area contributed by atoms with E-state index in [0.717, 1.165) is 5.56 Å². The number of ether oxygens (including phenoxy) is 1. The second-order valence-corrected chi connectivity index (χ2v) is 4.23. The van der Waals surface area contributed by atoms with Gasteiger partial charge in [-0.3, -0.25) is 4.79 Å². The number of rotatable bonds is 4. The van der Waals surface area contributed by atoms with Gasteiger partial charge in [0, 0.05) is 0 Å². The first-order valence-electron chi connectivity index (χ1n) is 5.47. The minimum absolute atomic E-state index is 0.368. The van der Waals surface area contributed by atoms with E-state index in [4.69, 9.17) is 5.73 Å². The van der Waals surface area contributed by atoms with Crippen LogP contribution in [-0.2, 0) is 16.0 Å². The zero-order chi connectivity index (χ0) is 12.1. The first-order chi connectivity index (χ1) is 7.54. The second kappa shape index (κ2) is 5.66. The monoisotopic (exact) mass is 221 g/mol. The zero-order valence-electron chi connectivity index (χ0n) is 10.1. The van der Waals surface area contributed by atoms with E-state index in [1.54, 1.807) is 0 Å². The van der Waals surface area contributed by atoms with Gasteiger partial charge in [-0.2, -0.15) is 0 Å². The van der Waals surface area contributed by atoms with Gasteiger partial charge < -0.3 is 10.5 Å². The summed E-state index contributed by atoms with van der Waals surface area (Å²) in [7, 11) is 1.35. The Morgan fingerprint density at radius 3 is 2.31 bits per heavy atom. The van der Waals surface area contributed by atoms with Crippen LogP contribution in [0.3, 0.4) is 0 Å². The van der Waals surface area contributed by atoms with Crippen molar-refractivity contribution in [2.75, 3.05) is 7.11 Å². The number of esters is 1. The molecule has 3 nitrogen and oxygen atoms in total. The summed E-state index contributed by atoms with van der Waals surface area (Å²) < 4.78 is 4.58. The van der Waals surface area contributed by atoms with Crippen molar-refractivity contribution in [1.82, 2.24) is 0 Å². The Balaban J connectivity index is 2.65. The van der Waals surface area contributed by atoms with Crippen LogP contribution in [-0.4, -0.2) is 19.1 Å². The maximum atomic E-state index is 11.1. The Morgan fingerprint density at radius 1 is 1.31 bits per heavy atom. The van der Waals surface area contributed by atoms with Crippen LogP contribution in [0.25, 0.3) is 0 Å². The van der Waals surface area contributed by atoms with Crippen molar-refractivity contribution in [3.63, 3.8) is 0 Å². The quantitative estimate of drug-likeness (QED) is 0.789. The molecule has 0 spiro atoms. The number of methoxy groups -OCH3 is 1. The maximum Gasteiger partial charge on any atom is 0.322 e. The fourth-order valence-corrected chi connectivity index (χ4v) is 1.53. The molecule has 1 rings (SSSR count). The summed E-state index contributed by atoms with van der Waals surface area (Å²) in [4.78, 5) is 11.1. The Morgan fingerprint density at radius 2 is 1.88 bits per heavy atom. The predicted octanol–water partition coefficient (Wildman–Crippen LogP) is 1.85. The maximum absolute atomic E-state index is 11.1. The van der Waals surface area contributed by atoms with Crippen LogP contribution in [0.4, 0.5) is 0 Å². The molecule has 0 amide bonds. The van der Waals surface area contributed by atoms with Crippen LogP contribution in [0.1, 0.15) is 30.9 Å². The largest absolute Gasteiger partial charge is 0.468 e. The van der Waals surface area contributed by atoms with Crippen molar-refractivity contribution in [2.45, 2.75) is 32.2 Å². The van der Waals surface area contributed by atoms with Crippen molar-refractivity contribution < 1.29 is 9.53 Å². The minimum Gasteiger partial charge on any atom is -0.468 e. The van der Waals surface area contributed by atoms with Crippen LogP contribution >= 0.6 is 0 Å². The van der Waals surface area contributed by atoms with E-state index in [0.29, 0.717) is 12.3 Å². The van der Waals surface area contributed by atoms with Crippen LogP contribution in [0.2, 0.25) is 0 Å². The molecule has 88 valence electrons. The van der Waals surface area contributed by atoms with Gasteiger partial charge in [0.05, 0.1) is 7.11 Å². The van der Waals surface area contributed by atoms with E-state index in [-0.39, 0.29) is 5.97 Å². The number of nitrogens with two attached hydrogens (primary N) is 1. The molecule has 0 aliphatic heterocycles. The number of benzene rings is 1. The molecule has 0 saturated carbocycles. The van der Waals surface area contributed by atoms with Gasteiger partial charge in [0.25, 0.3) is 0 Å². The Kier molecular flexibility index (Phi) is 4.50. The lowest BCUT2D eigenvalue weighted by Crippen LogP contribution is -2.33. The predicted molar refractivity (Wildman–Crippen MR) is 64.2 cm³/mol. The van der Waals surface area contributed by atoms with E-state index in [2.05, 4.69) is 30.7 Å². The van der Waals surface area contributed by atoms with E-state index in [1.807, 2.05) is 12.1 Å². The molecule has 3 heteroatoms. The molecule has 0 aliphatic carbocycles. The Hall–Kier alpha value is -1.35. The molecular weight excluding hydrogens is 202 g/mol. The van der Waals surface area contributed by atoms with E-state index >= 15 is 0 Å². The zero-order valence-corrected chi connectivity index (χ0v) is 10.1. The first kappa shape index (κ1) is 12.7. The molecule has 0 unspecified atom stereocenters. The number of hydrogen-bond donors (Lipinski definition) is 1. The van der Waals surface area contributed by atoms with Crippen molar-refractivity contribution in [3.8, 4) is 0 Å². The third kappa shape index (κ3) is 3.35. The van der Waals surface area contributed by atoms with E-state index in [1.165, 1.54) is 12.7 Å².